The molecule has 12 nitrogen and oxygen atoms in total. The molecule has 526 valence electrons. The van der Waals surface area contributed by atoms with E-state index < -0.39 is 0 Å². The summed E-state index contributed by atoms with van der Waals surface area (Å²) in [6.07, 6.45) is 0. The standard InChI is InChI=1S/C45H27N3O2.C33H20ClN3O.C18H19BO3/c1-3-11-28(12-4-1)29-21-23-31(24-22-29)43-46-44(48-45(47-43)36-17-10-20-39-42(36)34-15-7-8-18-37(34)49-39)32-25-26-35-40(27-32)50-38-19-9-16-33(41(35)38)30-13-5-2-6-14-30;34-33-36-31(24-16-14-22(15-17-24)21-8-3-1-4-9-21)35-32(37-33)25-18-19-27-29(20-25)38-28-13-7-12-26(30(27)28)23-10-5-2-6-11-23;1-17(2)18(3,4)22-19(21-17)13-9-7-11-15-16(13)12-8-5-6-10-14(12)20-15/h1-27H;1-20H;5-11H,1-4H3. The molecule has 0 bridgehead atoms. The minimum absolute atomic E-state index is 0.146. The molecule has 0 N–H and O–H groups in total. The molecule has 21 rings (SSSR count). The Labute approximate surface area is 638 Å². The molecule has 0 atom stereocenters. The van der Waals surface area contributed by atoms with Crippen molar-refractivity contribution in [2.24, 2.45) is 0 Å². The number of para-hydroxylation sites is 2. The van der Waals surface area contributed by atoms with Crippen molar-refractivity contribution in [3.05, 3.63) is 333 Å². The number of hydrogen-bond acceptors (Lipinski definition) is 12. The third-order valence-electron chi connectivity index (χ3n) is 21.0. The maximum Gasteiger partial charge on any atom is 0.495 e. The van der Waals surface area contributed by atoms with Crippen LogP contribution in [0, 0.1) is 0 Å². The average Bonchev–Trinajstić information content (AvgIpc) is 1.61. The van der Waals surface area contributed by atoms with E-state index in [-0.39, 0.29) is 23.6 Å². The van der Waals surface area contributed by atoms with Crippen molar-refractivity contribution in [2.75, 3.05) is 0 Å². The summed E-state index contributed by atoms with van der Waals surface area (Å²) in [5.74, 6) is 2.75. The lowest BCUT2D eigenvalue weighted by Gasteiger charge is -2.32. The molecular formula is C96H66BClN6O6. The van der Waals surface area contributed by atoms with Crippen LogP contribution in [0.5, 0.6) is 0 Å². The Morgan fingerprint density at radius 3 is 1.00 bits per heavy atom. The molecule has 0 spiro atoms. The number of nitrogens with zero attached hydrogens (tertiary/aromatic N) is 6. The van der Waals surface area contributed by atoms with Crippen molar-refractivity contribution in [3.8, 4) is 101 Å². The molecular weight excluding hydrogens is 1380 g/mol. The van der Waals surface area contributed by atoms with Gasteiger partial charge in [-0.2, -0.15) is 9.97 Å². The number of benzene rings is 14. The van der Waals surface area contributed by atoms with Crippen LogP contribution in [0.25, 0.3) is 189 Å². The quantitative estimate of drug-likeness (QED) is 0.120. The summed E-state index contributed by atoms with van der Waals surface area (Å²) in [5, 5.41) is 8.59. The minimum Gasteiger partial charge on any atom is -0.456 e. The number of rotatable bonds is 10. The highest BCUT2D eigenvalue weighted by atomic mass is 35.5. The Bertz CT molecular complexity index is 6850. The fourth-order valence-corrected chi connectivity index (χ4v) is 15.0. The van der Waals surface area contributed by atoms with E-state index in [1.807, 2.05) is 164 Å². The molecule has 6 aromatic heterocycles. The molecule has 1 aliphatic rings. The topological polar surface area (TPSA) is 148 Å². The van der Waals surface area contributed by atoms with E-state index in [0.717, 1.165) is 166 Å². The first-order valence-electron chi connectivity index (χ1n) is 36.6. The van der Waals surface area contributed by atoms with Crippen LogP contribution in [0.1, 0.15) is 27.7 Å². The third kappa shape index (κ3) is 12.5. The summed E-state index contributed by atoms with van der Waals surface area (Å²) in [6, 6.07) is 111. The highest BCUT2D eigenvalue weighted by Crippen LogP contribution is 2.44. The van der Waals surface area contributed by atoms with E-state index in [2.05, 4.69) is 201 Å². The van der Waals surface area contributed by atoms with Crippen molar-refractivity contribution < 1.29 is 27.0 Å². The van der Waals surface area contributed by atoms with Crippen molar-refractivity contribution in [3.63, 3.8) is 0 Å². The summed E-state index contributed by atoms with van der Waals surface area (Å²) >= 11 is 6.36. The van der Waals surface area contributed by atoms with Crippen LogP contribution in [0.2, 0.25) is 5.28 Å². The minimum atomic E-state index is -0.380. The second-order valence-corrected chi connectivity index (χ2v) is 28.7. The number of aromatic nitrogens is 6. The zero-order valence-corrected chi connectivity index (χ0v) is 61.0. The first kappa shape index (κ1) is 67.2. The van der Waals surface area contributed by atoms with Crippen molar-refractivity contribution >= 4 is 112 Å². The second-order valence-electron chi connectivity index (χ2n) is 28.3. The zero-order chi connectivity index (χ0) is 74.0. The van der Waals surface area contributed by atoms with E-state index in [1.165, 1.54) is 0 Å². The molecule has 0 radical (unpaired) electrons. The Hall–Kier alpha value is -13.4. The average molecular weight is 1450 g/mol. The lowest BCUT2D eigenvalue weighted by Crippen LogP contribution is -2.41. The summed E-state index contributed by atoms with van der Waals surface area (Å²) in [7, 11) is -0.380. The van der Waals surface area contributed by atoms with Gasteiger partial charge in [-0.15, -0.1) is 0 Å². The number of halogens is 1. The van der Waals surface area contributed by atoms with E-state index in [1.54, 1.807) is 0 Å². The monoisotopic (exact) mass is 1440 g/mol. The first-order valence-corrected chi connectivity index (χ1v) is 36.9. The van der Waals surface area contributed by atoms with Gasteiger partial charge in [0.25, 0.3) is 0 Å². The van der Waals surface area contributed by atoms with E-state index in [4.69, 9.17) is 58.5 Å². The number of furan rings is 4. The predicted octanol–water partition coefficient (Wildman–Crippen LogP) is 25.0. The van der Waals surface area contributed by atoms with E-state index in [9.17, 15) is 0 Å². The summed E-state index contributed by atoms with van der Waals surface area (Å²) in [4.78, 5) is 28.9. The molecule has 14 heteroatoms. The van der Waals surface area contributed by atoms with Crippen molar-refractivity contribution in [1.29, 1.82) is 0 Å². The molecule has 0 unspecified atom stereocenters. The van der Waals surface area contributed by atoms with Gasteiger partial charge >= 0.3 is 7.12 Å². The maximum atomic E-state index is 6.47. The lowest BCUT2D eigenvalue weighted by molar-refractivity contribution is 0.00578. The molecule has 0 amide bonds. The lowest BCUT2D eigenvalue weighted by atomic mass is 9.76. The van der Waals surface area contributed by atoms with Gasteiger partial charge in [-0.25, -0.2) is 19.9 Å². The highest BCUT2D eigenvalue weighted by molar-refractivity contribution is 6.66. The summed E-state index contributed by atoms with van der Waals surface area (Å²) in [6.45, 7) is 8.28. The van der Waals surface area contributed by atoms with Gasteiger partial charge in [-0.05, 0) is 150 Å². The van der Waals surface area contributed by atoms with Gasteiger partial charge < -0.3 is 27.0 Å². The maximum absolute atomic E-state index is 6.47. The fourth-order valence-electron chi connectivity index (χ4n) is 14.8. The highest BCUT2D eigenvalue weighted by Gasteiger charge is 2.52. The van der Waals surface area contributed by atoms with Crippen LogP contribution < -0.4 is 5.46 Å². The van der Waals surface area contributed by atoms with Gasteiger partial charge in [-0.3, -0.25) is 0 Å². The van der Waals surface area contributed by atoms with Gasteiger partial charge in [0, 0.05) is 70.9 Å². The zero-order valence-electron chi connectivity index (χ0n) is 60.3. The Morgan fingerprint density at radius 1 is 0.236 bits per heavy atom. The van der Waals surface area contributed by atoms with E-state index in [0.29, 0.717) is 29.1 Å². The number of hydrogen-bond donors (Lipinski definition) is 0. The van der Waals surface area contributed by atoms with Crippen molar-refractivity contribution in [1.82, 2.24) is 29.9 Å². The summed E-state index contributed by atoms with van der Waals surface area (Å²) in [5.41, 5.74) is 20.4. The molecule has 1 aliphatic heterocycles. The van der Waals surface area contributed by atoms with Crippen LogP contribution >= 0.6 is 11.6 Å². The molecule has 20 aromatic rings. The van der Waals surface area contributed by atoms with Crippen LogP contribution in [0.3, 0.4) is 0 Å². The van der Waals surface area contributed by atoms with Gasteiger partial charge in [0.2, 0.25) is 5.28 Å². The van der Waals surface area contributed by atoms with Crippen LogP contribution in [-0.2, 0) is 9.31 Å². The smallest absolute Gasteiger partial charge is 0.456 e. The second kappa shape index (κ2) is 27.7. The van der Waals surface area contributed by atoms with Crippen molar-refractivity contribution in [2.45, 2.75) is 38.9 Å². The van der Waals surface area contributed by atoms with Gasteiger partial charge in [0.1, 0.15) is 44.7 Å². The summed E-state index contributed by atoms with van der Waals surface area (Å²) < 4.78 is 37.4. The van der Waals surface area contributed by atoms with Gasteiger partial charge in [-0.1, -0.05) is 267 Å². The predicted molar refractivity (Wildman–Crippen MR) is 445 cm³/mol. The van der Waals surface area contributed by atoms with Gasteiger partial charge in [0.05, 0.1) is 11.2 Å². The van der Waals surface area contributed by atoms with Gasteiger partial charge in [0.15, 0.2) is 29.1 Å². The molecule has 1 fully saturated rings. The van der Waals surface area contributed by atoms with Crippen LogP contribution in [0.15, 0.2) is 345 Å². The normalized spacial score (nSPS) is 13.2. The van der Waals surface area contributed by atoms with Crippen LogP contribution in [0.4, 0.5) is 0 Å². The Balaban J connectivity index is 0.000000120. The molecule has 14 aromatic carbocycles. The largest absolute Gasteiger partial charge is 0.495 e. The molecule has 0 aliphatic carbocycles. The molecule has 7 heterocycles. The molecule has 1 saturated heterocycles. The number of fused-ring (bicyclic) bond motifs is 12. The first-order chi connectivity index (χ1) is 53.9. The van der Waals surface area contributed by atoms with Crippen LogP contribution in [-0.4, -0.2) is 48.2 Å². The third-order valence-corrected chi connectivity index (χ3v) is 21.2. The Morgan fingerprint density at radius 2 is 0.536 bits per heavy atom. The Kier molecular flexibility index (Phi) is 16.9. The molecule has 110 heavy (non-hydrogen) atoms. The molecule has 0 saturated carbocycles. The SMILES string of the molecule is CC1(C)OB(c2cccc3oc4ccccc4c23)OC1(C)C.Clc1nc(-c2ccc(-c3ccccc3)cc2)nc(-c2ccc3c(c2)oc2cccc(-c4ccccc4)c23)n1.c1ccc(-c2ccc(-c3nc(-c4ccc5c(c4)oc4cccc(-c6ccccc6)c45)nc(-c4cccc5oc6ccccc6c45)n3)cc2)cc1. The van der Waals surface area contributed by atoms with E-state index >= 15 is 0 Å². The fraction of sp³-hybridized carbons (Fsp3) is 0.0625.